The highest BCUT2D eigenvalue weighted by atomic mass is 35.5. The first-order chi connectivity index (χ1) is 15.7. The lowest BCUT2D eigenvalue weighted by atomic mass is 9.97. The highest BCUT2D eigenvalue weighted by Crippen LogP contribution is 2.42. The molecule has 0 aliphatic carbocycles. The SMILES string of the molecule is CN(C)c1ccc([C@@H]2CC(c3ccc(Cl)cc3)=NN2c2ccc([N+](=O)[O-])cc2[N+](=O)[O-])cc1. The normalized spacial score (nSPS) is 15.3. The van der Waals surface area contributed by atoms with Crippen molar-refractivity contribution in [3.05, 3.63) is 103 Å². The first-order valence-corrected chi connectivity index (χ1v) is 10.4. The van der Waals surface area contributed by atoms with Gasteiger partial charge in [-0.25, -0.2) is 0 Å². The zero-order valence-corrected chi connectivity index (χ0v) is 18.6. The second-order valence-corrected chi connectivity index (χ2v) is 8.23. The second-order valence-electron chi connectivity index (χ2n) is 7.79. The quantitative estimate of drug-likeness (QED) is 0.347. The van der Waals surface area contributed by atoms with Gasteiger partial charge in [0, 0.05) is 37.3 Å². The molecule has 0 saturated heterocycles. The number of nitro groups is 2. The summed E-state index contributed by atoms with van der Waals surface area (Å²) >= 11 is 6.02. The van der Waals surface area contributed by atoms with E-state index in [4.69, 9.17) is 16.7 Å². The maximum Gasteiger partial charge on any atom is 0.301 e. The van der Waals surface area contributed by atoms with Crippen LogP contribution in [-0.4, -0.2) is 29.7 Å². The zero-order chi connectivity index (χ0) is 23.7. The van der Waals surface area contributed by atoms with Gasteiger partial charge in [-0.1, -0.05) is 35.9 Å². The Labute approximate surface area is 194 Å². The van der Waals surface area contributed by atoms with Crippen molar-refractivity contribution in [2.45, 2.75) is 12.5 Å². The van der Waals surface area contributed by atoms with E-state index in [9.17, 15) is 20.2 Å². The molecule has 3 aromatic carbocycles. The van der Waals surface area contributed by atoms with Crippen LogP contribution in [0.1, 0.15) is 23.6 Å². The van der Waals surface area contributed by atoms with E-state index in [0.717, 1.165) is 28.6 Å². The molecule has 168 valence electrons. The molecule has 0 N–H and O–H groups in total. The van der Waals surface area contributed by atoms with Gasteiger partial charge in [-0.05, 0) is 41.5 Å². The fourth-order valence-electron chi connectivity index (χ4n) is 3.77. The lowest BCUT2D eigenvalue weighted by molar-refractivity contribution is -0.393. The van der Waals surface area contributed by atoms with Gasteiger partial charge in [0.15, 0.2) is 0 Å². The minimum absolute atomic E-state index is 0.191. The van der Waals surface area contributed by atoms with Crippen LogP contribution in [-0.2, 0) is 0 Å². The first-order valence-electron chi connectivity index (χ1n) is 10.1. The molecule has 0 aromatic heterocycles. The summed E-state index contributed by atoms with van der Waals surface area (Å²) in [6.07, 6.45) is 0.497. The molecular weight excluding hydrogens is 446 g/mol. The third-order valence-electron chi connectivity index (χ3n) is 5.50. The number of hydrogen-bond acceptors (Lipinski definition) is 7. The summed E-state index contributed by atoms with van der Waals surface area (Å²) in [5.41, 5.74) is 2.99. The van der Waals surface area contributed by atoms with E-state index in [2.05, 4.69) is 0 Å². The minimum Gasteiger partial charge on any atom is -0.378 e. The van der Waals surface area contributed by atoms with Gasteiger partial charge in [-0.2, -0.15) is 5.10 Å². The molecule has 0 spiro atoms. The summed E-state index contributed by atoms with van der Waals surface area (Å²) in [4.78, 5) is 23.7. The largest absolute Gasteiger partial charge is 0.378 e. The average molecular weight is 466 g/mol. The molecule has 0 unspecified atom stereocenters. The molecule has 1 atom stereocenters. The molecule has 3 aromatic rings. The minimum atomic E-state index is -0.652. The van der Waals surface area contributed by atoms with Gasteiger partial charge in [0.1, 0.15) is 5.69 Å². The Hall–Kier alpha value is -3.98. The molecule has 0 amide bonds. The average Bonchev–Trinajstić information content (AvgIpc) is 3.24. The summed E-state index contributed by atoms with van der Waals surface area (Å²) < 4.78 is 0. The van der Waals surface area contributed by atoms with E-state index in [-0.39, 0.29) is 23.1 Å². The molecule has 1 heterocycles. The Morgan fingerprint density at radius 1 is 0.970 bits per heavy atom. The van der Waals surface area contributed by atoms with Crippen molar-refractivity contribution in [2.24, 2.45) is 5.10 Å². The highest BCUT2D eigenvalue weighted by Gasteiger charge is 2.34. The highest BCUT2D eigenvalue weighted by molar-refractivity contribution is 6.30. The predicted octanol–water partition coefficient (Wildman–Crippen LogP) is 5.58. The molecule has 1 aliphatic heterocycles. The molecule has 1 aliphatic rings. The molecule has 0 radical (unpaired) electrons. The van der Waals surface area contributed by atoms with Crippen LogP contribution in [0.25, 0.3) is 0 Å². The standard InChI is InChI=1S/C23H20ClN5O4/c1-26(2)18-9-5-16(6-10-18)22-14-20(15-3-7-17(24)8-4-15)25-27(22)21-12-11-19(28(30)31)13-23(21)29(32)33/h3-13,22H,14H2,1-2H3/t22-/m0/s1. The van der Waals surface area contributed by atoms with Crippen molar-refractivity contribution < 1.29 is 9.85 Å². The molecule has 0 saturated carbocycles. The van der Waals surface area contributed by atoms with Crippen LogP contribution in [0.5, 0.6) is 0 Å². The van der Waals surface area contributed by atoms with Crippen LogP contribution in [0.4, 0.5) is 22.7 Å². The van der Waals surface area contributed by atoms with Crippen LogP contribution in [0.15, 0.2) is 71.8 Å². The number of halogens is 1. The number of nitro benzene ring substituents is 2. The lowest BCUT2D eigenvalue weighted by Crippen LogP contribution is -2.20. The van der Waals surface area contributed by atoms with E-state index < -0.39 is 9.85 Å². The third kappa shape index (κ3) is 4.49. The summed E-state index contributed by atoms with van der Waals surface area (Å²) in [6.45, 7) is 0. The van der Waals surface area contributed by atoms with Crippen LogP contribution in [0.3, 0.4) is 0 Å². The maximum absolute atomic E-state index is 11.8. The van der Waals surface area contributed by atoms with Crippen molar-refractivity contribution in [1.29, 1.82) is 0 Å². The Bertz CT molecular complexity index is 1240. The monoisotopic (exact) mass is 465 g/mol. The first kappa shape index (κ1) is 22.2. The van der Waals surface area contributed by atoms with Gasteiger partial charge in [-0.3, -0.25) is 25.2 Å². The summed E-state index contributed by atoms with van der Waals surface area (Å²) in [6, 6.07) is 18.4. The van der Waals surface area contributed by atoms with Gasteiger partial charge in [0.2, 0.25) is 0 Å². The van der Waals surface area contributed by atoms with Crippen LogP contribution >= 0.6 is 11.6 Å². The van der Waals surface area contributed by atoms with E-state index >= 15 is 0 Å². The van der Waals surface area contributed by atoms with Crippen molar-refractivity contribution >= 4 is 40.1 Å². The van der Waals surface area contributed by atoms with Gasteiger partial charge in [0.25, 0.3) is 5.69 Å². The molecule has 33 heavy (non-hydrogen) atoms. The van der Waals surface area contributed by atoms with Crippen LogP contribution in [0.2, 0.25) is 5.02 Å². The second kappa shape index (κ2) is 8.87. The van der Waals surface area contributed by atoms with Gasteiger partial charge < -0.3 is 4.90 Å². The number of anilines is 2. The maximum atomic E-state index is 11.8. The van der Waals surface area contributed by atoms with Crippen molar-refractivity contribution in [2.75, 3.05) is 24.0 Å². The summed E-state index contributed by atoms with van der Waals surface area (Å²) in [5.74, 6) is 0. The van der Waals surface area contributed by atoms with Crippen molar-refractivity contribution in [1.82, 2.24) is 0 Å². The number of hydrazone groups is 1. The number of nitrogens with zero attached hydrogens (tertiary/aromatic N) is 5. The topological polar surface area (TPSA) is 105 Å². The summed E-state index contributed by atoms with van der Waals surface area (Å²) in [7, 11) is 3.89. The Balaban J connectivity index is 1.82. The third-order valence-corrected chi connectivity index (χ3v) is 5.75. The van der Waals surface area contributed by atoms with Crippen LogP contribution < -0.4 is 9.91 Å². The summed E-state index contributed by atoms with van der Waals surface area (Å²) in [5, 5.41) is 29.9. The van der Waals surface area contributed by atoms with Gasteiger partial charge in [0.05, 0.1) is 27.7 Å². The lowest BCUT2D eigenvalue weighted by Gasteiger charge is -2.24. The molecule has 10 heteroatoms. The zero-order valence-electron chi connectivity index (χ0n) is 17.9. The fraction of sp³-hybridized carbons (Fsp3) is 0.174. The van der Waals surface area contributed by atoms with E-state index in [1.807, 2.05) is 55.4 Å². The molecule has 9 nitrogen and oxygen atoms in total. The number of non-ortho nitro benzene ring substituents is 1. The molecule has 4 rings (SSSR count). The smallest absolute Gasteiger partial charge is 0.301 e. The van der Waals surface area contributed by atoms with E-state index in [1.165, 1.54) is 12.1 Å². The molecule has 0 bridgehead atoms. The van der Waals surface area contributed by atoms with E-state index in [0.29, 0.717) is 11.4 Å². The van der Waals surface area contributed by atoms with Gasteiger partial charge >= 0.3 is 5.69 Å². The van der Waals surface area contributed by atoms with Crippen molar-refractivity contribution in [3.8, 4) is 0 Å². The number of benzene rings is 3. The predicted molar refractivity (Wildman–Crippen MR) is 128 cm³/mol. The van der Waals surface area contributed by atoms with Crippen LogP contribution in [0, 0.1) is 20.2 Å². The Kier molecular flexibility index (Phi) is 5.97. The number of hydrogen-bond donors (Lipinski definition) is 0. The molecule has 0 fully saturated rings. The Morgan fingerprint density at radius 3 is 2.21 bits per heavy atom. The Morgan fingerprint density at radius 2 is 1.64 bits per heavy atom. The van der Waals surface area contributed by atoms with Crippen molar-refractivity contribution in [3.63, 3.8) is 0 Å². The fourth-order valence-corrected chi connectivity index (χ4v) is 3.89. The van der Waals surface area contributed by atoms with Gasteiger partial charge in [-0.15, -0.1) is 0 Å². The molecular formula is C23H20ClN5O4. The van der Waals surface area contributed by atoms with E-state index in [1.54, 1.807) is 17.1 Å². The number of rotatable bonds is 6.